The van der Waals surface area contributed by atoms with Crippen LogP contribution in [-0.2, 0) is 0 Å². The third-order valence-corrected chi connectivity index (χ3v) is 0.539. The van der Waals surface area contributed by atoms with Gasteiger partial charge in [0, 0.05) is 0 Å². The van der Waals surface area contributed by atoms with Gasteiger partial charge in [0.05, 0.1) is 18.4 Å². The van der Waals surface area contributed by atoms with Crippen LogP contribution in [0.5, 0.6) is 0 Å². The molecular weight excluding hydrogens is 68.0 g/mol. The summed E-state index contributed by atoms with van der Waals surface area (Å²) in [5.41, 5.74) is 0. The van der Waals surface area contributed by atoms with Gasteiger partial charge in [0.1, 0.15) is 0 Å². The molecule has 3 heteroatoms. The minimum atomic E-state index is 0.865. The Labute approximate surface area is 29.5 Å². The lowest BCUT2D eigenvalue weighted by Crippen LogP contribution is -1.73. The lowest BCUT2D eigenvalue weighted by Gasteiger charge is -1.69. The van der Waals surface area contributed by atoms with Gasteiger partial charge in [0.2, 0.25) is 0 Å². The maximum atomic E-state index is 9.24. The van der Waals surface area contributed by atoms with Crippen LogP contribution in [0.15, 0.2) is 5.29 Å². The zero-order valence-corrected chi connectivity index (χ0v) is 2.72. The van der Waals surface area contributed by atoms with Crippen molar-refractivity contribution < 1.29 is 0 Å². The Balaban J connectivity index is 2.21. The highest BCUT2D eigenvalue weighted by molar-refractivity contribution is 4.64. The Bertz CT molecular complexity index is 49.6. The molecule has 1 heterocycles. The maximum absolute atomic E-state index is 9.24. The number of nitroso groups, excluding NO2 is 1. The molecule has 0 spiro atoms. The Morgan fingerprint density at radius 2 is 2.20 bits per heavy atom. The first-order valence-corrected chi connectivity index (χ1v) is 1.52. The maximum Gasteiger partial charge on any atom is 0.0586 e. The third-order valence-electron chi connectivity index (χ3n) is 0.539. The molecule has 28 valence electrons. The first kappa shape index (κ1) is 2.63. The van der Waals surface area contributed by atoms with Gasteiger partial charge >= 0.3 is 0 Å². The van der Waals surface area contributed by atoms with Crippen molar-refractivity contribution in [3.05, 3.63) is 4.91 Å². The number of nitrogens with zero attached hydrogens (tertiary/aromatic N) is 2. The number of rotatable bonds is 1. The van der Waals surface area contributed by atoms with Gasteiger partial charge in [-0.15, -0.1) is 4.91 Å². The summed E-state index contributed by atoms with van der Waals surface area (Å²) < 4.78 is 0. The summed E-state index contributed by atoms with van der Waals surface area (Å²) in [5.74, 6) is 0. The number of hydrogen-bond donors (Lipinski definition) is 0. The lowest BCUT2D eigenvalue weighted by molar-refractivity contribution is 0.599. The Kier molecular flexibility index (Phi) is 0.353. The molecule has 0 aromatic heterocycles. The highest BCUT2D eigenvalue weighted by Crippen LogP contribution is 2.00. The molecular formula is C2H4N2O. The van der Waals surface area contributed by atoms with Gasteiger partial charge in [-0.2, -0.15) is 0 Å². The summed E-state index contributed by atoms with van der Waals surface area (Å²) >= 11 is 0. The fourth-order valence-electron chi connectivity index (χ4n) is 0.126. The van der Waals surface area contributed by atoms with Crippen LogP contribution in [0.25, 0.3) is 0 Å². The summed E-state index contributed by atoms with van der Waals surface area (Å²) in [6, 6.07) is 0. The molecule has 1 fully saturated rings. The van der Waals surface area contributed by atoms with Crippen molar-refractivity contribution in [2.75, 3.05) is 13.1 Å². The van der Waals surface area contributed by atoms with E-state index in [4.69, 9.17) is 0 Å². The van der Waals surface area contributed by atoms with E-state index < -0.39 is 0 Å². The minimum absolute atomic E-state index is 0.865. The summed E-state index contributed by atoms with van der Waals surface area (Å²) in [6.07, 6.45) is 0. The second kappa shape index (κ2) is 0.672. The highest BCUT2D eigenvalue weighted by atomic mass is 16.3. The van der Waals surface area contributed by atoms with Crippen LogP contribution < -0.4 is 0 Å². The van der Waals surface area contributed by atoms with E-state index in [1.807, 2.05) is 0 Å². The van der Waals surface area contributed by atoms with E-state index in [1.54, 1.807) is 0 Å². The van der Waals surface area contributed by atoms with Crippen molar-refractivity contribution in [3.63, 3.8) is 0 Å². The van der Waals surface area contributed by atoms with Crippen molar-refractivity contribution in [1.29, 1.82) is 0 Å². The lowest BCUT2D eigenvalue weighted by atomic mass is 11.0. The molecule has 0 saturated carbocycles. The second-order valence-corrected chi connectivity index (χ2v) is 1.04. The van der Waals surface area contributed by atoms with E-state index in [-0.39, 0.29) is 0 Å². The van der Waals surface area contributed by atoms with Gasteiger partial charge in [-0.05, 0) is 0 Å². The Hall–Kier alpha value is -0.600. The summed E-state index contributed by atoms with van der Waals surface area (Å²) in [7, 11) is 0. The molecule has 1 aliphatic rings. The number of hydrogen-bond acceptors (Lipinski definition) is 2. The molecule has 3 nitrogen and oxygen atoms in total. The van der Waals surface area contributed by atoms with Crippen LogP contribution in [-0.4, -0.2) is 18.1 Å². The first-order chi connectivity index (χ1) is 2.43. The van der Waals surface area contributed by atoms with Crippen LogP contribution in [0.2, 0.25) is 0 Å². The fourth-order valence-corrected chi connectivity index (χ4v) is 0.126. The van der Waals surface area contributed by atoms with E-state index >= 15 is 0 Å². The van der Waals surface area contributed by atoms with Crippen LogP contribution in [0.1, 0.15) is 0 Å². The van der Waals surface area contributed by atoms with Crippen molar-refractivity contribution in [3.8, 4) is 0 Å². The predicted molar refractivity (Wildman–Crippen MR) is 17.4 cm³/mol. The molecule has 0 unspecified atom stereocenters. The molecule has 1 rings (SSSR count). The average molecular weight is 72.1 g/mol. The van der Waals surface area contributed by atoms with Crippen LogP contribution in [0.4, 0.5) is 0 Å². The Morgan fingerprint density at radius 3 is 2.20 bits per heavy atom. The van der Waals surface area contributed by atoms with Crippen LogP contribution in [0.3, 0.4) is 0 Å². The third kappa shape index (κ3) is 0.344. The quantitative estimate of drug-likeness (QED) is 0.322. The molecule has 0 amide bonds. The molecule has 0 bridgehead atoms. The van der Waals surface area contributed by atoms with Crippen molar-refractivity contribution >= 4 is 0 Å². The summed E-state index contributed by atoms with van der Waals surface area (Å²) in [6.45, 7) is 1.73. The zero-order chi connectivity index (χ0) is 3.70. The monoisotopic (exact) mass is 72.0 g/mol. The summed E-state index contributed by atoms with van der Waals surface area (Å²) in [4.78, 5) is 9.24. The normalized spacial score (nSPS) is 18.8. The van der Waals surface area contributed by atoms with Crippen molar-refractivity contribution in [2.45, 2.75) is 0 Å². The molecule has 0 aliphatic carbocycles. The summed E-state index contributed by atoms with van der Waals surface area (Å²) in [5, 5.41) is 4.03. The van der Waals surface area contributed by atoms with E-state index in [9.17, 15) is 4.91 Å². The smallest absolute Gasteiger partial charge is 0.0586 e. The molecule has 1 saturated heterocycles. The van der Waals surface area contributed by atoms with Crippen LogP contribution >= 0.6 is 0 Å². The van der Waals surface area contributed by atoms with E-state index in [0.29, 0.717) is 0 Å². The zero-order valence-electron chi connectivity index (χ0n) is 2.72. The predicted octanol–water partition coefficient (Wildman–Crippen LogP) is -0.0166. The molecule has 0 N–H and O–H groups in total. The molecule has 0 radical (unpaired) electrons. The minimum Gasteiger partial charge on any atom is -0.257 e. The van der Waals surface area contributed by atoms with Gasteiger partial charge in [0.25, 0.3) is 0 Å². The second-order valence-electron chi connectivity index (χ2n) is 1.04. The fraction of sp³-hybridized carbons (Fsp3) is 1.00. The average Bonchev–Trinajstić information content (AvgIpc) is 2.12. The molecule has 5 heavy (non-hydrogen) atoms. The largest absolute Gasteiger partial charge is 0.257 e. The molecule has 0 aromatic carbocycles. The molecule has 0 aromatic rings. The van der Waals surface area contributed by atoms with E-state index in [2.05, 4.69) is 5.29 Å². The van der Waals surface area contributed by atoms with E-state index in [0.717, 1.165) is 13.1 Å². The van der Waals surface area contributed by atoms with Gasteiger partial charge in [-0.3, -0.25) is 5.01 Å². The van der Waals surface area contributed by atoms with Gasteiger partial charge in [-0.1, -0.05) is 0 Å². The topological polar surface area (TPSA) is 32.4 Å². The van der Waals surface area contributed by atoms with E-state index in [1.165, 1.54) is 5.01 Å². The standard InChI is InChI=1S/C2H4N2O/c5-3-4-1-2-4/h1-2H2. The molecule has 0 atom stereocenters. The SMILES string of the molecule is O=NN1CC1. The Morgan fingerprint density at radius 1 is 1.60 bits per heavy atom. The van der Waals surface area contributed by atoms with Gasteiger partial charge in [-0.25, -0.2) is 0 Å². The first-order valence-electron chi connectivity index (χ1n) is 1.52. The van der Waals surface area contributed by atoms with Crippen molar-refractivity contribution in [2.24, 2.45) is 5.29 Å². The highest BCUT2D eigenvalue weighted by Gasteiger charge is 2.14. The van der Waals surface area contributed by atoms with Crippen LogP contribution in [0, 0.1) is 4.91 Å². The van der Waals surface area contributed by atoms with Gasteiger partial charge < -0.3 is 0 Å². The molecule has 1 aliphatic heterocycles. The van der Waals surface area contributed by atoms with Gasteiger partial charge in [0.15, 0.2) is 0 Å². The van der Waals surface area contributed by atoms with Crippen molar-refractivity contribution in [1.82, 2.24) is 5.01 Å².